The van der Waals surface area contributed by atoms with E-state index in [0.29, 0.717) is 30.8 Å². The van der Waals surface area contributed by atoms with Gasteiger partial charge in [-0.05, 0) is 33.3 Å². The van der Waals surface area contributed by atoms with Crippen LogP contribution < -0.4 is 0 Å². The summed E-state index contributed by atoms with van der Waals surface area (Å²) in [6.07, 6.45) is 3.04. The predicted molar refractivity (Wildman–Crippen MR) is 103 cm³/mol. The predicted octanol–water partition coefficient (Wildman–Crippen LogP) is 1.05. The standard InChI is InChI=1S/C19H23N5O6/c1-11-12(10-25)4-16(30-11)17(26)21-7-14-5-13(21)8-22(14)18(27)19(2,3)23-9-15(6-20-23)24(28)29/h4,6,9,13-14,25H,5,7-8,10H2,1-3H3/t13-,14-/m0/s1. The Bertz CT molecular complexity index is 1020. The van der Waals surface area contributed by atoms with Crippen LogP contribution in [-0.4, -0.2) is 66.6 Å². The first-order valence-corrected chi connectivity index (χ1v) is 9.65. The molecule has 11 heteroatoms. The molecule has 2 amide bonds. The van der Waals surface area contributed by atoms with Crippen LogP contribution >= 0.6 is 0 Å². The van der Waals surface area contributed by atoms with Gasteiger partial charge in [-0.2, -0.15) is 5.10 Å². The van der Waals surface area contributed by atoms with Crippen molar-refractivity contribution in [3.63, 3.8) is 0 Å². The summed E-state index contributed by atoms with van der Waals surface area (Å²) in [6, 6.07) is 1.29. The number of aryl methyl sites for hydroxylation is 1. The number of nitro groups is 1. The Balaban J connectivity index is 1.47. The molecule has 2 saturated heterocycles. The highest BCUT2D eigenvalue weighted by atomic mass is 16.6. The number of aliphatic hydroxyl groups is 1. The third-order valence-electron chi connectivity index (χ3n) is 6.04. The van der Waals surface area contributed by atoms with Gasteiger partial charge < -0.3 is 19.3 Å². The highest BCUT2D eigenvalue weighted by Gasteiger charge is 2.50. The molecule has 2 aromatic heterocycles. The first-order valence-electron chi connectivity index (χ1n) is 9.65. The Morgan fingerprint density at radius 3 is 2.53 bits per heavy atom. The lowest BCUT2D eigenvalue weighted by Crippen LogP contribution is -2.55. The van der Waals surface area contributed by atoms with Gasteiger partial charge in [0.15, 0.2) is 5.76 Å². The number of amides is 2. The van der Waals surface area contributed by atoms with Gasteiger partial charge in [-0.3, -0.25) is 24.4 Å². The smallest absolute Gasteiger partial charge is 0.307 e. The van der Waals surface area contributed by atoms with Gasteiger partial charge in [0, 0.05) is 18.7 Å². The largest absolute Gasteiger partial charge is 0.456 e. The summed E-state index contributed by atoms with van der Waals surface area (Å²) in [5, 5.41) is 24.2. The fourth-order valence-electron chi connectivity index (χ4n) is 4.25. The van der Waals surface area contributed by atoms with Crippen LogP contribution in [-0.2, 0) is 16.9 Å². The van der Waals surface area contributed by atoms with Gasteiger partial charge in [0.2, 0.25) is 5.91 Å². The van der Waals surface area contributed by atoms with E-state index in [1.165, 1.54) is 10.9 Å². The third kappa shape index (κ3) is 3.05. The van der Waals surface area contributed by atoms with Crippen LogP contribution in [0.25, 0.3) is 0 Å². The van der Waals surface area contributed by atoms with Crippen molar-refractivity contribution < 1.29 is 24.0 Å². The van der Waals surface area contributed by atoms with Crippen molar-refractivity contribution in [3.8, 4) is 0 Å². The second-order valence-electron chi connectivity index (χ2n) is 8.27. The fraction of sp³-hybridized carbons (Fsp3) is 0.526. The molecule has 2 aliphatic rings. The molecular formula is C19H23N5O6. The molecule has 11 nitrogen and oxygen atoms in total. The minimum absolute atomic E-state index is 0.128. The molecule has 2 aromatic rings. The summed E-state index contributed by atoms with van der Waals surface area (Å²) < 4.78 is 6.81. The molecule has 2 bridgehead atoms. The lowest BCUT2D eigenvalue weighted by molar-refractivity contribution is -0.385. The number of carbonyl (C=O) groups excluding carboxylic acids is 2. The number of hydrogen-bond acceptors (Lipinski definition) is 7. The maximum absolute atomic E-state index is 13.2. The molecule has 30 heavy (non-hydrogen) atoms. The van der Waals surface area contributed by atoms with E-state index in [1.807, 2.05) is 0 Å². The Morgan fingerprint density at radius 1 is 1.33 bits per heavy atom. The van der Waals surface area contributed by atoms with Crippen molar-refractivity contribution in [2.45, 2.75) is 51.4 Å². The highest BCUT2D eigenvalue weighted by Crippen LogP contribution is 2.35. The first kappa shape index (κ1) is 20.1. The van der Waals surface area contributed by atoms with Gasteiger partial charge in [0.05, 0.1) is 23.6 Å². The Hall–Kier alpha value is -3.21. The summed E-state index contributed by atoms with van der Waals surface area (Å²) in [6.45, 7) is 5.61. The lowest BCUT2D eigenvalue weighted by Gasteiger charge is -2.38. The molecule has 0 spiro atoms. The quantitative estimate of drug-likeness (QED) is 0.567. The molecule has 0 radical (unpaired) electrons. The maximum Gasteiger partial charge on any atom is 0.307 e. The van der Waals surface area contributed by atoms with E-state index in [9.17, 15) is 24.8 Å². The number of carbonyl (C=O) groups is 2. The van der Waals surface area contributed by atoms with Gasteiger partial charge in [-0.25, -0.2) is 0 Å². The zero-order valence-electron chi connectivity index (χ0n) is 16.9. The number of likely N-dealkylation sites (tertiary alicyclic amines) is 2. The Labute approximate surface area is 172 Å². The second-order valence-corrected chi connectivity index (χ2v) is 8.27. The second kappa shape index (κ2) is 6.94. The monoisotopic (exact) mass is 417 g/mol. The summed E-state index contributed by atoms with van der Waals surface area (Å²) in [7, 11) is 0. The molecule has 2 fully saturated rings. The summed E-state index contributed by atoms with van der Waals surface area (Å²) in [5.74, 6) is 0.249. The number of hydrogen-bond donors (Lipinski definition) is 1. The van der Waals surface area contributed by atoms with Crippen LogP contribution in [0, 0.1) is 17.0 Å². The Kier molecular flexibility index (Phi) is 4.64. The summed E-state index contributed by atoms with van der Waals surface area (Å²) in [4.78, 5) is 39.9. The highest BCUT2D eigenvalue weighted by molar-refractivity contribution is 5.93. The maximum atomic E-state index is 13.2. The normalized spacial score (nSPS) is 20.8. The average molecular weight is 417 g/mol. The molecular weight excluding hydrogens is 394 g/mol. The molecule has 0 unspecified atom stereocenters. The van der Waals surface area contributed by atoms with Crippen molar-refractivity contribution in [3.05, 3.63) is 45.7 Å². The number of fused-ring (bicyclic) bond motifs is 2. The van der Waals surface area contributed by atoms with Crippen LogP contribution in [0.4, 0.5) is 5.69 Å². The van der Waals surface area contributed by atoms with E-state index in [1.54, 1.807) is 36.6 Å². The molecule has 0 aliphatic carbocycles. The van der Waals surface area contributed by atoms with Crippen LogP contribution in [0.5, 0.6) is 0 Å². The molecule has 4 rings (SSSR count). The number of rotatable bonds is 5. The minimum Gasteiger partial charge on any atom is -0.456 e. The summed E-state index contributed by atoms with van der Waals surface area (Å²) in [5.41, 5.74) is -0.692. The number of aromatic nitrogens is 2. The van der Waals surface area contributed by atoms with Crippen LogP contribution in [0.2, 0.25) is 0 Å². The molecule has 1 N–H and O–H groups in total. The van der Waals surface area contributed by atoms with Crippen LogP contribution in [0.3, 0.4) is 0 Å². The van der Waals surface area contributed by atoms with E-state index in [2.05, 4.69) is 5.10 Å². The van der Waals surface area contributed by atoms with Gasteiger partial charge in [0.1, 0.15) is 23.7 Å². The van der Waals surface area contributed by atoms with E-state index >= 15 is 0 Å². The topological polar surface area (TPSA) is 135 Å². The first-order chi connectivity index (χ1) is 14.1. The zero-order chi connectivity index (χ0) is 21.8. The number of piperazine rings is 1. The molecule has 0 saturated carbocycles. The van der Waals surface area contributed by atoms with Crippen molar-refractivity contribution in [1.82, 2.24) is 19.6 Å². The van der Waals surface area contributed by atoms with E-state index in [-0.39, 0.29) is 42.0 Å². The zero-order valence-corrected chi connectivity index (χ0v) is 16.9. The fourth-order valence-corrected chi connectivity index (χ4v) is 4.25. The van der Waals surface area contributed by atoms with E-state index < -0.39 is 10.5 Å². The van der Waals surface area contributed by atoms with Gasteiger partial charge in [-0.1, -0.05) is 0 Å². The lowest BCUT2D eigenvalue weighted by atomic mass is 10.0. The molecule has 0 aromatic carbocycles. The number of aliphatic hydroxyl groups excluding tert-OH is 1. The van der Waals surface area contributed by atoms with Crippen molar-refractivity contribution in [2.24, 2.45) is 0 Å². The van der Waals surface area contributed by atoms with Gasteiger partial charge >= 0.3 is 5.69 Å². The van der Waals surface area contributed by atoms with Crippen LogP contribution in [0.15, 0.2) is 22.9 Å². The minimum atomic E-state index is -1.10. The SMILES string of the molecule is Cc1oc(C(=O)N2C[C@@H]3C[C@H]2CN3C(=O)C(C)(C)n2cc([N+](=O)[O-])cn2)cc1CO. The summed E-state index contributed by atoms with van der Waals surface area (Å²) >= 11 is 0. The average Bonchev–Trinajstić information content (AvgIpc) is 3.48. The number of nitrogens with zero attached hydrogens (tertiary/aromatic N) is 5. The Morgan fingerprint density at radius 2 is 2.00 bits per heavy atom. The van der Waals surface area contributed by atoms with Crippen molar-refractivity contribution in [2.75, 3.05) is 13.1 Å². The molecule has 2 atom stereocenters. The van der Waals surface area contributed by atoms with Crippen LogP contribution in [0.1, 0.15) is 42.1 Å². The molecule has 4 heterocycles. The van der Waals surface area contributed by atoms with Gasteiger partial charge in [0.25, 0.3) is 5.91 Å². The van der Waals surface area contributed by atoms with Gasteiger partial charge in [-0.15, -0.1) is 0 Å². The van der Waals surface area contributed by atoms with E-state index in [0.717, 1.165) is 6.20 Å². The van der Waals surface area contributed by atoms with E-state index in [4.69, 9.17) is 4.42 Å². The van der Waals surface area contributed by atoms with Crippen molar-refractivity contribution in [1.29, 1.82) is 0 Å². The van der Waals surface area contributed by atoms with Crippen molar-refractivity contribution >= 4 is 17.5 Å². The molecule has 160 valence electrons. The third-order valence-corrected chi connectivity index (χ3v) is 6.04. The molecule has 2 aliphatic heterocycles. The number of furan rings is 1.